The van der Waals surface area contributed by atoms with Gasteiger partial charge in [-0.3, -0.25) is 14.6 Å². The van der Waals surface area contributed by atoms with Crippen molar-refractivity contribution in [2.24, 2.45) is 17.8 Å². The minimum atomic E-state index is -0.0125. The van der Waals surface area contributed by atoms with Gasteiger partial charge in [-0.25, -0.2) is 0 Å². The summed E-state index contributed by atoms with van der Waals surface area (Å²) < 4.78 is 0. The van der Waals surface area contributed by atoms with E-state index < -0.39 is 0 Å². The van der Waals surface area contributed by atoms with Crippen LogP contribution in [-0.4, -0.2) is 23.3 Å². The lowest BCUT2D eigenvalue weighted by atomic mass is 9.77. The first-order valence-electron chi connectivity index (χ1n) is 10.6. The second kappa shape index (κ2) is 9.86. The van der Waals surface area contributed by atoms with Crippen molar-refractivity contribution in [3.63, 3.8) is 0 Å². The van der Waals surface area contributed by atoms with Gasteiger partial charge in [-0.2, -0.15) is 0 Å². The first kappa shape index (κ1) is 19.8. The Balaban J connectivity index is 1.48. The molecule has 0 spiro atoms. The molecule has 1 atom stereocenters. The van der Waals surface area contributed by atoms with Crippen molar-refractivity contribution in [3.8, 4) is 0 Å². The average molecular weight is 372 g/mol. The van der Waals surface area contributed by atoms with Crippen molar-refractivity contribution in [1.29, 1.82) is 0 Å². The monoisotopic (exact) mass is 371 g/mol. The molecular formula is C22H33N3O2. The van der Waals surface area contributed by atoms with Gasteiger partial charge in [-0.15, -0.1) is 0 Å². The predicted molar refractivity (Wildman–Crippen MR) is 106 cm³/mol. The van der Waals surface area contributed by atoms with Crippen molar-refractivity contribution in [1.82, 2.24) is 15.6 Å². The van der Waals surface area contributed by atoms with Crippen molar-refractivity contribution in [2.45, 2.75) is 70.8 Å². The zero-order chi connectivity index (χ0) is 19.1. The molecule has 5 nitrogen and oxygen atoms in total. The normalized spacial score (nSPS) is 24.8. The molecule has 0 aromatic carbocycles. The smallest absolute Gasteiger partial charge is 0.223 e. The molecule has 2 aliphatic rings. The van der Waals surface area contributed by atoms with Crippen LogP contribution in [0.2, 0.25) is 0 Å². The van der Waals surface area contributed by atoms with Gasteiger partial charge in [0, 0.05) is 25.6 Å². The Morgan fingerprint density at radius 3 is 2.44 bits per heavy atom. The summed E-state index contributed by atoms with van der Waals surface area (Å²) in [6, 6.07) is 5.86. The summed E-state index contributed by atoms with van der Waals surface area (Å²) >= 11 is 0. The van der Waals surface area contributed by atoms with Gasteiger partial charge in [-0.05, 0) is 62.5 Å². The molecule has 2 fully saturated rings. The van der Waals surface area contributed by atoms with E-state index in [0.717, 1.165) is 50.8 Å². The molecule has 148 valence electrons. The van der Waals surface area contributed by atoms with Crippen LogP contribution in [0.25, 0.3) is 0 Å². The summed E-state index contributed by atoms with van der Waals surface area (Å²) in [7, 11) is 0. The standard InChI is InChI=1S/C22H33N3O2/c1-16(26)25-21(20-9-5-6-14-23-20)18-12-10-17(11-13-18)15-24-22(27)19-7-3-2-4-8-19/h5-6,9,14,17-19,21H,2-4,7-8,10-13,15H2,1H3,(H,24,27)(H,25,26). The number of hydrogen-bond acceptors (Lipinski definition) is 3. The van der Waals surface area contributed by atoms with E-state index in [1.54, 1.807) is 13.1 Å². The first-order chi connectivity index (χ1) is 13.1. The Morgan fingerprint density at radius 1 is 1.07 bits per heavy atom. The highest BCUT2D eigenvalue weighted by Gasteiger charge is 2.30. The molecule has 2 N–H and O–H groups in total. The van der Waals surface area contributed by atoms with E-state index in [9.17, 15) is 9.59 Å². The number of pyridine rings is 1. The van der Waals surface area contributed by atoms with E-state index in [1.807, 2.05) is 18.2 Å². The lowest BCUT2D eigenvalue weighted by Crippen LogP contribution is -2.38. The molecule has 0 bridgehead atoms. The maximum atomic E-state index is 12.4. The number of nitrogens with one attached hydrogen (secondary N) is 2. The van der Waals surface area contributed by atoms with Crippen LogP contribution in [0.3, 0.4) is 0 Å². The van der Waals surface area contributed by atoms with Crippen LogP contribution < -0.4 is 10.6 Å². The highest BCUT2D eigenvalue weighted by atomic mass is 16.2. The molecule has 1 aromatic heterocycles. The second-order valence-electron chi connectivity index (χ2n) is 8.29. The summed E-state index contributed by atoms with van der Waals surface area (Å²) in [6.07, 6.45) is 11.9. The zero-order valence-corrected chi connectivity index (χ0v) is 16.5. The fourth-order valence-corrected chi connectivity index (χ4v) is 4.69. The second-order valence-corrected chi connectivity index (χ2v) is 8.29. The molecule has 5 heteroatoms. The number of aromatic nitrogens is 1. The molecule has 27 heavy (non-hydrogen) atoms. The van der Waals surface area contributed by atoms with Crippen molar-refractivity contribution < 1.29 is 9.59 Å². The molecule has 0 radical (unpaired) electrons. The maximum Gasteiger partial charge on any atom is 0.223 e. The lowest BCUT2D eigenvalue weighted by Gasteiger charge is -2.34. The third-order valence-electron chi connectivity index (χ3n) is 6.27. The summed E-state index contributed by atoms with van der Waals surface area (Å²) in [6.45, 7) is 2.37. The van der Waals surface area contributed by atoms with Crippen LogP contribution in [-0.2, 0) is 9.59 Å². The molecular weight excluding hydrogens is 338 g/mol. The van der Waals surface area contributed by atoms with E-state index in [2.05, 4.69) is 15.6 Å². The first-order valence-corrected chi connectivity index (χ1v) is 10.6. The van der Waals surface area contributed by atoms with Crippen molar-refractivity contribution >= 4 is 11.8 Å². The summed E-state index contributed by atoms with van der Waals surface area (Å²) in [5, 5.41) is 6.31. The Labute approximate surface area is 162 Å². The molecule has 2 aliphatic carbocycles. The van der Waals surface area contributed by atoms with E-state index >= 15 is 0 Å². The van der Waals surface area contributed by atoms with E-state index in [-0.39, 0.29) is 23.8 Å². The summed E-state index contributed by atoms with van der Waals surface area (Å²) in [5.74, 6) is 1.46. The molecule has 1 heterocycles. The fourth-order valence-electron chi connectivity index (χ4n) is 4.69. The van der Waals surface area contributed by atoms with Gasteiger partial charge in [0.1, 0.15) is 0 Å². The van der Waals surface area contributed by atoms with Crippen LogP contribution in [0.1, 0.15) is 76.4 Å². The molecule has 3 rings (SSSR count). The zero-order valence-electron chi connectivity index (χ0n) is 16.5. The predicted octanol–water partition coefficient (Wildman–Crippen LogP) is 3.76. The Bertz CT molecular complexity index is 605. The highest BCUT2D eigenvalue weighted by Crippen LogP contribution is 2.36. The molecule has 0 saturated heterocycles. The Kier molecular flexibility index (Phi) is 7.25. The number of hydrogen-bond donors (Lipinski definition) is 2. The molecule has 0 aliphatic heterocycles. The number of rotatable bonds is 6. The van der Waals surface area contributed by atoms with Gasteiger partial charge < -0.3 is 10.6 Å². The minimum absolute atomic E-state index is 0.00692. The third-order valence-corrected chi connectivity index (χ3v) is 6.27. The van der Waals surface area contributed by atoms with Crippen molar-refractivity contribution in [3.05, 3.63) is 30.1 Å². The van der Waals surface area contributed by atoms with Crippen LogP contribution in [0.15, 0.2) is 24.4 Å². The maximum absolute atomic E-state index is 12.4. The fraction of sp³-hybridized carbons (Fsp3) is 0.682. The molecule has 1 unspecified atom stereocenters. The quantitative estimate of drug-likeness (QED) is 0.800. The SMILES string of the molecule is CC(=O)NC(c1ccccn1)C1CCC(CNC(=O)C2CCCCC2)CC1. The van der Waals surface area contributed by atoms with E-state index in [0.29, 0.717) is 11.8 Å². The van der Waals surface area contributed by atoms with Crippen LogP contribution in [0, 0.1) is 17.8 Å². The topological polar surface area (TPSA) is 71.1 Å². The number of nitrogens with zero attached hydrogens (tertiary/aromatic N) is 1. The van der Waals surface area contributed by atoms with Crippen LogP contribution >= 0.6 is 0 Å². The number of carbonyl (C=O) groups excluding carboxylic acids is 2. The van der Waals surface area contributed by atoms with E-state index in [4.69, 9.17) is 0 Å². The van der Waals surface area contributed by atoms with Gasteiger partial charge in [0.2, 0.25) is 11.8 Å². The lowest BCUT2D eigenvalue weighted by molar-refractivity contribution is -0.126. The molecule has 2 amide bonds. The third kappa shape index (κ3) is 5.78. The van der Waals surface area contributed by atoms with Gasteiger partial charge in [0.25, 0.3) is 0 Å². The number of carbonyl (C=O) groups is 2. The van der Waals surface area contributed by atoms with Gasteiger partial charge in [0.05, 0.1) is 11.7 Å². The molecule has 2 saturated carbocycles. The van der Waals surface area contributed by atoms with Gasteiger partial charge in [0.15, 0.2) is 0 Å². The Morgan fingerprint density at radius 2 is 1.81 bits per heavy atom. The van der Waals surface area contributed by atoms with E-state index in [1.165, 1.54) is 19.3 Å². The minimum Gasteiger partial charge on any atom is -0.356 e. The highest BCUT2D eigenvalue weighted by molar-refractivity contribution is 5.78. The molecule has 1 aromatic rings. The summed E-state index contributed by atoms with van der Waals surface area (Å²) in [5.41, 5.74) is 0.946. The van der Waals surface area contributed by atoms with Gasteiger partial charge in [-0.1, -0.05) is 25.3 Å². The largest absolute Gasteiger partial charge is 0.356 e. The van der Waals surface area contributed by atoms with Gasteiger partial charge >= 0.3 is 0 Å². The summed E-state index contributed by atoms with van der Waals surface area (Å²) in [4.78, 5) is 28.5. The number of amides is 2. The van der Waals surface area contributed by atoms with Crippen LogP contribution in [0.5, 0.6) is 0 Å². The van der Waals surface area contributed by atoms with Crippen LogP contribution in [0.4, 0.5) is 0 Å². The average Bonchev–Trinajstić information content (AvgIpc) is 2.72. The Hall–Kier alpha value is -1.91. The van der Waals surface area contributed by atoms with Crippen molar-refractivity contribution in [2.75, 3.05) is 6.54 Å².